The summed E-state index contributed by atoms with van der Waals surface area (Å²) in [5.41, 5.74) is 3.09. The van der Waals surface area contributed by atoms with E-state index in [1.807, 2.05) is 5.57 Å². The third kappa shape index (κ3) is 6.70. The van der Waals surface area contributed by atoms with Crippen LogP contribution in [0.25, 0.3) is 0 Å². The van der Waals surface area contributed by atoms with E-state index in [0.29, 0.717) is 10.8 Å². The molecule has 0 radical (unpaired) electrons. The molecule has 0 spiro atoms. The molecule has 202 valence electrons. The Kier molecular flexibility index (Phi) is 13.4. The van der Waals surface area contributed by atoms with Crippen LogP contribution in [0.2, 0.25) is 0 Å². The van der Waals surface area contributed by atoms with Gasteiger partial charge in [0.1, 0.15) is 0 Å². The van der Waals surface area contributed by atoms with Gasteiger partial charge in [0.15, 0.2) is 0 Å². The molecular weight excluding hydrogens is 416 g/mol. The van der Waals surface area contributed by atoms with Crippen LogP contribution in [0.4, 0.5) is 0 Å². The molecule has 4 aliphatic carbocycles. The third-order valence-corrected chi connectivity index (χ3v) is 10.7. The van der Waals surface area contributed by atoms with Crippen molar-refractivity contribution in [1.29, 1.82) is 0 Å². The zero-order chi connectivity index (χ0) is 24.6. The van der Waals surface area contributed by atoms with Crippen LogP contribution >= 0.6 is 0 Å². The summed E-state index contributed by atoms with van der Waals surface area (Å²) in [5, 5.41) is 7.00. The first-order valence-corrected chi connectivity index (χ1v) is 14.9. The van der Waals surface area contributed by atoms with Crippen LogP contribution < -0.4 is 0 Å². The summed E-state index contributed by atoms with van der Waals surface area (Å²) in [6.45, 7) is 17.1. The monoisotopic (exact) mass is 478 g/mol. The largest absolute Gasteiger partial charge is 0.412 e. The smallest absolute Gasteiger partial charge is 0.0319 e. The van der Waals surface area contributed by atoms with Gasteiger partial charge in [-0.25, -0.2) is 0 Å². The molecule has 4 rings (SSSR count). The first kappa shape index (κ1) is 31.7. The molecule has 0 aromatic carbocycles. The normalized spacial score (nSPS) is 36.8. The highest BCUT2D eigenvalue weighted by Gasteiger charge is 2.58. The van der Waals surface area contributed by atoms with Crippen LogP contribution in [0.1, 0.15) is 138 Å². The molecule has 34 heavy (non-hydrogen) atoms. The fourth-order valence-electron chi connectivity index (χ4n) is 8.72. The van der Waals surface area contributed by atoms with Crippen LogP contribution in [-0.4, -0.2) is 17.7 Å². The minimum absolute atomic E-state index is 0. The Labute approximate surface area is 214 Å². The van der Waals surface area contributed by atoms with Gasteiger partial charge in [0.2, 0.25) is 0 Å². The zero-order valence-corrected chi connectivity index (χ0v) is 24.4. The number of unbranched alkanes of at least 4 members (excludes halogenated alkanes) is 1. The lowest BCUT2D eigenvalue weighted by Gasteiger charge is -2.58. The molecule has 2 nitrogen and oxygen atoms in total. The number of fused-ring (bicyclic) bond motifs is 5. The van der Waals surface area contributed by atoms with E-state index in [2.05, 4.69) is 54.5 Å². The molecule has 0 amide bonds. The quantitative estimate of drug-likeness (QED) is 0.380. The van der Waals surface area contributed by atoms with Gasteiger partial charge in [0, 0.05) is 7.11 Å². The SMILES string of the molecule is CC(C)CCCC(C)C1CCC2C3CC=C4CCCCC4(C)C3CCC12C.CCCC.CO.O. The first-order chi connectivity index (χ1) is 15.8. The molecule has 0 saturated heterocycles. The Morgan fingerprint density at radius 2 is 1.59 bits per heavy atom. The number of allylic oxidation sites excluding steroid dienone is 2. The number of aliphatic hydroxyl groups is 1. The molecule has 0 aromatic rings. The highest BCUT2D eigenvalue weighted by Crippen LogP contribution is 2.67. The van der Waals surface area contributed by atoms with Crippen molar-refractivity contribution in [3.63, 3.8) is 0 Å². The lowest BCUT2D eigenvalue weighted by Crippen LogP contribution is -2.50. The molecule has 4 aliphatic rings. The second-order valence-electron chi connectivity index (χ2n) is 13.0. The van der Waals surface area contributed by atoms with E-state index >= 15 is 0 Å². The van der Waals surface area contributed by atoms with Crippen LogP contribution in [0.5, 0.6) is 0 Å². The molecule has 2 heteroatoms. The van der Waals surface area contributed by atoms with E-state index < -0.39 is 0 Å². The molecule has 3 N–H and O–H groups in total. The van der Waals surface area contributed by atoms with Gasteiger partial charge in [-0.2, -0.15) is 0 Å². The van der Waals surface area contributed by atoms with Crippen molar-refractivity contribution in [2.24, 2.45) is 46.3 Å². The van der Waals surface area contributed by atoms with Crippen molar-refractivity contribution in [2.45, 2.75) is 138 Å². The highest BCUT2D eigenvalue weighted by atomic mass is 16.2. The summed E-state index contributed by atoms with van der Waals surface area (Å²) >= 11 is 0. The first-order valence-electron chi connectivity index (χ1n) is 14.9. The second-order valence-corrected chi connectivity index (χ2v) is 13.0. The number of hydrogen-bond acceptors (Lipinski definition) is 1. The maximum Gasteiger partial charge on any atom is 0.0319 e. The molecule has 0 heterocycles. The molecule has 3 fully saturated rings. The number of rotatable bonds is 6. The van der Waals surface area contributed by atoms with Crippen molar-refractivity contribution in [3.05, 3.63) is 11.6 Å². The Morgan fingerprint density at radius 1 is 0.912 bits per heavy atom. The fraction of sp³-hybridized carbons (Fsp3) is 0.938. The molecule has 0 bridgehead atoms. The Morgan fingerprint density at radius 3 is 2.21 bits per heavy atom. The van der Waals surface area contributed by atoms with Gasteiger partial charge in [-0.05, 0) is 97.7 Å². The van der Waals surface area contributed by atoms with Gasteiger partial charge in [0.05, 0.1) is 0 Å². The van der Waals surface area contributed by atoms with E-state index in [4.69, 9.17) is 5.11 Å². The van der Waals surface area contributed by atoms with E-state index in [1.165, 1.54) is 89.9 Å². The molecule has 7 unspecified atom stereocenters. The van der Waals surface area contributed by atoms with Crippen LogP contribution in [0.15, 0.2) is 11.6 Å². The van der Waals surface area contributed by atoms with E-state index in [-0.39, 0.29) is 5.48 Å². The fourth-order valence-corrected chi connectivity index (χ4v) is 8.72. The minimum Gasteiger partial charge on any atom is -0.412 e. The van der Waals surface area contributed by atoms with E-state index in [0.717, 1.165) is 42.6 Å². The highest BCUT2D eigenvalue weighted by molar-refractivity contribution is 5.24. The Hall–Kier alpha value is -0.340. The van der Waals surface area contributed by atoms with Gasteiger partial charge in [-0.1, -0.05) is 98.6 Å². The minimum atomic E-state index is 0. The average molecular weight is 479 g/mol. The van der Waals surface area contributed by atoms with E-state index in [1.54, 1.807) is 0 Å². The van der Waals surface area contributed by atoms with Crippen molar-refractivity contribution in [2.75, 3.05) is 7.11 Å². The molecule has 0 aliphatic heterocycles. The van der Waals surface area contributed by atoms with E-state index in [9.17, 15) is 0 Å². The topological polar surface area (TPSA) is 51.7 Å². The van der Waals surface area contributed by atoms with Gasteiger partial charge in [0.25, 0.3) is 0 Å². The van der Waals surface area contributed by atoms with Crippen LogP contribution in [0, 0.1) is 46.3 Å². The number of hydrogen-bond donors (Lipinski definition) is 1. The van der Waals surface area contributed by atoms with Crippen molar-refractivity contribution >= 4 is 0 Å². The lowest BCUT2D eigenvalue weighted by atomic mass is 9.47. The summed E-state index contributed by atoms with van der Waals surface area (Å²) in [4.78, 5) is 0. The molecule has 0 aromatic heterocycles. The Bertz CT molecular complexity index is 594. The predicted octanol–water partition coefficient (Wildman–Crippen LogP) is 9.01. The van der Waals surface area contributed by atoms with Crippen molar-refractivity contribution < 1.29 is 10.6 Å². The standard InChI is InChI=1S/C27H46.C4H10.CH4O.H2O/c1-19(2)9-8-10-20(3)23-14-15-24-22-13-12-21-11-6-7-17-26(21,4)25(22)16-18-27(23,24)5;1-3-4-2;1-2;/h12,19-20,22-25H,6-11,13-18H2,1-5H3;3-4H2,1-2H3;2H,1H3;1H2. The third-order valence-electron chi connectivity index (χ3n) is 10.7. The maximum atomic E-state index is 7.00. The van der Waals surface area contributed by atoms with Gasteiger partial charge in [-0.15, -0.1) is 0 Å². The summed E-state index contributed by atoms with van der Waals surface area (Å²) in [7, 11) is 1.00. The van der Waals surface area contributed by atoms with Gasteiger partial charge < -0.3 is 10.6 Å². The van der Waals surface area contributed by atoms with Crippen molar-refractivity contribution in [3.8, 4) is 0 Å². The lowest BCUT2D eigenvalue weighted by molar-refractivity contribution is -0.0500. The molecular formula is C32H62O2. The molecule has 3 saturated carbocycles. The zero-order valence-electron chi connectivity index (χ0n) is 24.4. The van der Waals surface area contributed by atoms with Crippen LogP contribution in [-0.2, 0) is 0 Å². The average Bonchev–Trinajstić information content (AvgIpc) is 3.17. The summed E-state index contributed by atoms with van der Waals surface area (Å²) in [6, 6.07) is 0. The Balaban J connectivity index is 0.000000751. The summed E-state index contributed by atoms with van der Waals surface area (Å²) in [5.74, 6) is 5.84. The van der Waals surface area contributed by atoms with Gasteiger partial charge >= 0.3 is 0 Å². The van der Waals surface area contributed by atoms with Crippen LogP contribution in [0.3, 0.4) is 0 Å². The maximum absolute atomic E-state index is 7.00. The van der Waals surface area contributed by atoms with Crippen molar-refractivity contribution in [1.82, 2.24) is 0 Å². The summed E-state index contributed by atoms with van der Waals surface area (Å²) < 4.78 is 0. The predicted molar refractivity (Wildman–Crippen MR) is 150 cm³/mol. The van der Waals surface area contributed by atoms with Gasteiger partial charge in [-0.3, -0.25) is 0 Å². The molecule has 7 atom stereocenters. The second kappa shape index (κ2) is 14.4. The number of aliphatic hydroxyl groups excluding tert-OH is 1. The summed E-state index contributed by atoms with van der Waals surface area (Å²) in [6.07, 6.45) is 23.1.